The number of phosphoric ester groups is 1. The van der Waals surface area contributed by atoms with Gasteiger partial charge in [-0.3, -0.25) is 13.6 Å². The Bertz CT molecular complexity index is 914. The summed E-state index contributed by atoms with van der Waals surface area (Å²) in [5.74, 6) is -0.944. The Hall–Kier alpha value is -2.68. The number of carbonyl (C=O) groups excluding carboxylic acids is 1. The summed E-state index contributed by atoms with van der Waals surface area (Å²) in [5, 5.41) is 9.91. The molecule has 0 radical (unpaired) electrons. The van der Waals surface area contributed by atoms with Crippen molar-refractivity contribution >= 4 is 13.8 Å². The van der Waals surface area contributed by atoms with E-state index >= 15 is 0 Å². The van der Waals surface area contributed by atoms with Crippen LogP contribution in [-0.4, -0.2) is 44.1 Å². The van der Waals surface area contributed by atoms with Crippen LogP contribution in [0.3, 0.4) is 0 Å². The van der Waals surface area contributed by atoms with E-state index in [0.717, 1.165) is 11.1 Å². The molecule has 2 aromatic carbocycles. The standard InChI is InChI=1S/C22H25O9P/c1-26-20-19(30-22(24)21(20)27-2)18(13-23)31-32(25,28-14-16-9-5-3-6-10-16)29-15-17-11-7-4-8-12-17/h3-12,18-19,23H,13-15H2,1-2H3/t18-,19+/m0/s1. The van der Waals surface area contributed by atoms with Crippen molar-refractivity contribution in [1.82, 2.24) is 0 Å². The molecule has 0 saturated carbocycles. The number of aliphatic hydroxyl groups is 1. The Morgan fingerprint density at radius 3 is 1.91 bits per heavy atom. The first kappa shape index (κ1) is 24.0. The molecule has 0 saturated heterocycles. The van der Waals surface area contributed by atoms with E-state index in [9.17, 15) is 14.5 Å². The summed E-state index contributed by atoms with van der Waals surface area (Å²) in [6, 6.07) is 18.1. The van der Waals surface area contributed by atoms with Crippen molar-refractivity contribution < 1.29 is 42.2 Å². The summed E-state index contributed by atoms with van der Waals surface area (Å²) in [6.07, 6.45) is -2.49. The number of benzene rings is 2. The fourth-order valence-electron chi connectivity index (χ4n) is 2.99. The maximum Gasteiger partial charge on any atom is 0.475 e. The topological polar surface area (TPSA) is 110 Å². The van der Waals surface area contributed by atoms with Crippen molar-refractivity contribution in [3.8, 4) is 0 Å². The molecular weight excluding hydrogens is 439 g/mol. The number of phosphoric acid groups is 1. The number of ether oxygens (including phenoxy) is 3. The van der Waals surface area contributed by atoms with E-state index in [1.54, 1.807) is 24.3 Å². The number of hydrogen-bond acceptors (Lipinski definition) is 9. The Morgan fingerprint density at radius 2 is 1.47 bits per heavy atom. The summed E-state index contributed by atoms with van der Waals surface area (Å²) in [6.45, 7) is -0.785. The molecule has 10 heteroatoms. The Labute approximate surface area is 186 Å². The van der Waals surface area contributed by atoms with Crippen LogP contribution in [0, 0.1) is 0 Å². The van der Waals surface area contributed by atoms with Crippen molar-refractivity contribution in [3.05, 3.63) is 83.3 Å². The third-order valence-electron chi connectivity index (χ3n) is 4.57. The number of hydrogen-bond donors (Lipinski definition) is 1. The van der Waals surface area contributed by atoms with E-state index in [0.29, 0.717) is 0 Å². The van der Waals surface area contributed by atoms with E-state index in [-0.39, 0.29) is 24.7 Å². The summed E-state index contributed by atoms with van der Waals surface area (Å²) >= 11 is 0. The van der Waals surface area contributed by atoms with Crippen LogP contribution < -0.4 is 0 Å². The van der Waals surface area contributed by atoms with Crippen molar-refractivity contribution in [3.63, 3.8) is 0 Å². The van der Waals surface area contributed by atoms with Crippen molar-refractivity contribution in [1.29, 1.82) is 0 Å². The zero-order chi connectivity index (χ0) is 23.0. The third-order valence-corrected chi connectivity index (χ3v) is 5.99. The second-order valence-electron chi connectivity index (χ2n) is 6.72. The molecule has 0 bridgehead atoms. The number of cyclic esters (lactones) is 1. The first-order valence-electron chi connectivity index (χ1n) is 9.79. The van der Waals surface area contributed by atoms with Crippen LogP contribution in [0.4, 0.5) is 0 Å². The van der Waals surface area contributed by atoms with Crippen molar-refractivity contribution in [2.24, 2.45) is 0 Å². The Morgan fingerprint density at radius 1 is 0.938 bits per heavy atom. The molecule has 0 spiro atoms. The van der Waals surface area contributed by atoms with Crippen LogP contribution in [0.15, 0.2) is 72.2 Å². The highest BCUT2D eigenvalue weighted by Crippen LogP contribution is 2.53. The van der Waals surface area contributed by atoms with Crippen LogP contribution in [0.1, 0.15) is 11.1 Å². The van der Waals surface area contributed by atoms with Crippen LogP contribution in [0.25, 0.3) is 0 Å². The molecular formula is C22H25O9P. The van der Waals surface area contributed by atoms with E-state index in [1.807, 2.05) is 36.4 Å². The van der Waals surface area contributed by atoms with Gasteiger partial charge in [-0.2, -0.15) is 0 Å². The van der Waals surface area contributed by atoms with Gasteiger partial charge in [0, 0.05) is 0 Å². The zero-order valence-electron chi connectivity index (χ0n) is 17.7. The molecule has 0 aliphatic carbocycles. The van der Waals surface area contributed by atoms with E-state index in [1.165, 1.54) is 14.2 Å². The second kappa shape index (κ2) is 11.3. The van der Waals surface area contributed by atoms with Gasteiger partial charge in [0.15, 0.2) is 11.9 Å². The van der Waals surface area contributed by atoms with Gasteiger partial charge >= 0.3 is 13.8 Å². The van der Waals surface area contributed by atoms with Crippen LogP contribution >= 0.6 is 7.82 Å². The van der Waals surface area contributed by atoms with Gasteiger partial charge in [-0.05, 0) is 11.1 Å². The highest BCUT2D eigenvalue weighted by Gasteiger charge is 2.45. The van der Waals surface area contributed by atoms with Crippen molar-refractivity contribution in [2.75, 3.05) is 20.8 Å². The quantitative estimate of drug-likeness (QED) is 0.374. The second-order valence-corrected chi connectivity index (χ2v) is 8.34. The monoisotopic (exact) mass is 464 g/mol. The van der Waals surface area contributed by atoms with Gasteiger partial charge in [-0.15, -0.1) is 0 Å². The predicted molar refractivity (Wildman–Crippen MR) is 113 cm³/mol. The van der Waals surface area contributed by atoms with Gasteiger partial charge in [-0.25, -0.2) is 9.36 Å². The van der Waals surface area contributed by atoms with Gasteiger partial charge in [0.05, 0.1) is 34.0 Å². The lowest BCUT2D eigenvalue weighted by Crippen LogP contribution is -2.34. The average Bonchev–Trinajstić information content (AvgIpc) is 3.16. The lowest BCUT2D eigenvalue weighted by molar-refractivity contribution is -0.148. The highest BCUT2D eigenvalue weighted by atomic mass is 31.2. The zero-order valence-corrected chi connectivity index (χ0v) is 18.6. The molecule has 0 amide bonds. The fourth-order valence-corrected chi connectivity index (χ4v) is 4.31. The van der Waals surface area contributed by atoms with E-state index in [4.69, 9.17) is 27.8 Å². The molecule has 1 N–H and O–H groups in total. The number of esters is 1. The molecule has 1 heterocycles. The number of methoxy groups -OCH3 is 2. The molecule has 2 aromatic rings. The third kappa shape index (κ3) is 5.97. The first-order valence-corrected chi connectivity index (χ1v) is 11.2. The maximum absolute atomic E-state index is 13.5. The van der Waals surface area contributed by atoms with E-state index in [2.05, 4.69) is 0 Å². The number of rotatable bonds is 12. The number of aliphatic hydroxyl groups excluding tert-OH is 1. The molecule has 1 aliphatic rings. The minimum absolute atomic E-state index is 0.00854. The summed E-state index contributed by atoms with van der Waals surface area (Å²) in [4.78, 5) is 12.0. The Kier molecular flexibility index (Phi) is 8.44. The molecule has 0 unspecified atom stereocenters. The van der Waals surface area contributed by atoms with Gasteiger partial charge in [0.25, 0.3) is 0 Å². The number of carbonyl (C=O) groups is 1. The normalized spacial score (nSPS) is 17.2. The maximum atomic E-state index is 13.5. The summed E-state index contributed by atoms with van der Waals surface area (Å²) in [5.41, 5.74) is 1.48. The lowest BCUT2D eigenvalue weighted by atomic mass is 10.2. The Balaban J connectivity index is 1.80. The van der Waals surface area contributed by atoms with Gasteiger partial charge in [-0.1, -0.05) is 60.7 Å². The summed E-state index contributed by atoms with van der Waals surface area (Å²) < 4.78 is 45.6. The predicted octanol–water partition coefficient (Wildman–Crippen LogP) is 3.34. The molecule has 9 nitrogen and oxygen atoms in total. The van der Waals surface area contributed by atoms with Crippen molar-refractivity contribution in [2.45, 2.75) is 25.4 Å². The van der Waals surface area contributed by atoms with E-state index < -0.39 is 32.6 Å². The largest absolute Gasteiger partial charge is 0.493 e. The van der Waals surface area contributed by atoms with Gasteiger partial charge < -0.3 is 19.3 Å². The van der Waals surface area contributed by atoms with Gasteiger partial charge in [0.2, 0.25) is 5.76 Å². The minimum atomic E-state index is -4.23. The molecule has 172 valence electrons. The minimum Gasteiger partial charge on any atom is -0.493 e. The molecule has 2 atom stereocenters. The summed E-state index contributed by atoms with van der Waals surface area (Å²) in [7, 11) is -1.63. The molecule has 0 fully saturated rings. The van der Waals surface area contributed by atoms with Crippen LogP contribution in [0.2, 0.25) is 0 Å². The van der Waals surface area contributed by atoms with Gasteiger partial charge in [0.1, 0.15) is 6.10 Å². The van der Waals surface area contributed by atoms with Crippen LogP contribution in [-0.2, 0) is 50.4 Å². The first-order chi connectivity index (χ1) is 15.5. The molecule has 0 aromatic heterocycles. The molecule has 3 rings (SSSR count). The highest BCUT2D eigenvalue weighted by molar-refractivity contribution is 7.48. The fraction of sp³-hybridized carbons (Fsp3) is 0.318. The average molecular weight is 464 g/mol. The molecule has 32 heavy (non-hydrogen) atoms. The lowest BCUT2D eigenvalue weighted by Gasteiger charge is -2.26. The smallest absolute Gasteiger partial charge is 0.475 e. The van der Waals surface area contributed by atoms with Crippen LogP contribution in [0.5, 0.6) is 0 Å². The molecule has 1 aliphatic heterocycles. The SMILES string of the molecule is COC1=C(OC)[C@@H]([C@H](CO)OP(=O)(OCc2ccccc2)OCc2ccccc2)OC1=O.